The Kier molecular flexibility index (Phi) is 13.0. The SMILES string of the molecule is CCCCCCCCCO[Si](CC)(CC)OCCCc1ccccc1. The van der Waals surface area contributed by atoms with Gasteiger partial charge in [0, 0.05) is 13.2 Å². The lowest BCUT2D eigenvalue weighted by Crippen LogP contribution is -2.41. The maximum absolute atomic E-state index is 6.33. The summed E-state index contributed by atoms with van der Waals surface area (Å²) in [6, 6.07) is 12.8. The van der Waals surface area contributed by atoms with Crippen molar-refractivity contribution in [3.63, 3.8) is 0 Å². The van der Waals surface area contributed by atoms with Crippen LogP contribution in [0.3, 0.4) is 0 Å². The van der Waals surface area contributed by atoms with E-state index < -0.39 is 8.56 Å². The highest BCUT2D eigenvalue weighted by atomic mass is 28.4. The van der Waals surface area contributed by atoms with E-state index >= 15 is 0 Å². The molecular formula is C22H40O2Si. The molecule has 0 radical (unpaired) electrons. The van der Waals surface area contributed by atoms with E-state index in [4.69, 9.17) is 8.85 Å². The number of unbranched alkanes of at least 4 members (excludes halogenated alkanes) is 6. The van der Waals surface area contributed by atoms with E-state index in [1.165, 1.54) is 50.5 Å². The van der Waals surface area contributed by atoms with Crippen molar-refractivity contribution in [3.8, 4) is 0 Å². The van der Waals surface area contributed by atoms with E-state index in [2.05, 4.69) is 51.1 Å². The van der Waals surface area contributed by atoms with Crippen molar-refractivity contribution in [3.05, 3.63) is 35.9 Å². The van der Waals surface area contributed by atoms with Crippen molar-refractivity contribution in [2.24, 2.45) is 0 Å². The van der Waals surface area contributed by atoms with Crippen LogP contribution in [0.2, 0.25) is 12.1 Å². The fourth-order valence-corrected chi connectivity index (χ4v) is 5.63. The van der Waals surface area contributed by atoms with Crippen LogP contribution in [-0.2, 0) is 15.3 Å². The quantitative estimate of drug-likeness (QED) is 0.235. The lowest BCUT2D eigenvalue weighted by Gasteiger charge is -2.29. The van der Waals surface area contributed by atoms with Crippen LogP contribution in [0.4, 0.5) is 0 Å². The molecule has 2 nitrogen and oxygen atoms in total. The Bertz CT molecular complexity index is 404. The second kappa shape index (κ2) is 14.5. The van der Waals surface area contributed by atoms with E-state index in [-0.39, 0.29) is 0 Å². The van der Waals surface area contributed by atoms with Crippen LogP contribution in [-0.4, -0.2) is 21.8 Å². The maximum atomic E-state index is 6.33. The molecule has 0 spiro atoms. The van der Waals surface area contributed by atoms with E-state index in [0.717, 1.165) is 38.1 Å². The molecule has 25 heavy (non-hydrogen) atoms. The summed E-state index contributed by atoms with van der Waals surface area (Å²) in [7, 11) is -1.96. The number of aryl methyl sites for hydroxylation is 1. The highest BCUT2D eigenvalue weighted by molar-refractivity contribution is 6.67. The van der Waals surface area contributed by atoms with Gasteiger partial charge in [-0.05, 0) is 36.9 Å². The van der Waals surface area contributed by atoms with Crippen molar-refractivity contribution in [1.82, 2.24) is 0 Å². The molecule has 0 unspecified atom stereocenters. The van der Waals surface area contributed by atoms with Crippen LogP contribution in [0.1, 0.15) is 77.7 Å². The van der Waals surface area contributed by atoms with Gasteiger partial charge in [-0.15, -0.1) is 0 Å². The molecule has 0 aliphatic carbocycles. The van der Waals surface area contributed by atoms with Crippen LogP contribution in [0.25, 0.3) is 0 Å². The smallest absolute Gasteiger partial charge is 0.337 e. The number of hydrogen-bond donors (Lipinski definition) is 0. The minimum absolute atomic E-state index is 0.833. The Hall–Kier alpha value is -0.643. The van der Waals surface area contributed by atoms with Crippen molar-refractivity contribution < 1.29 is 8.85 Å². The molecule has 0 bridgehead atoms. The third-order valence-electron chi connectivity index (χ3n) is 5.01. The van der Waals surface area contributed by atoms with E-state index in [1.54, 1.807) is 0 Å². The summed E-state index contributed by atoms with van der Waals surface area (Å²) < 4.78 is 12.7. The molecule has 0 fully saturated rings. The molecular weight excluding hydrogens is 324 g/mol. The second-order valence-corrected chi connectivity index (χ2v) is 10.8. The number of hydrogen-bond acceptors (Lipinski definition) is 2. The summed E-state index contributed by atoms with van der Waals surface area (Å²) in [5.41, 5.74) is 1.40. The molecule has 1 aromatic rings. The Labute approximate surface area is 157 Å². The van der Waals surface area contributed by atoms with Crippen LogP contribution in [0.15, 0.2) is 30.3 Å². The number of benzene rings is 1. The van der Waals surface area contributed by atoms with Gasteiger partial charge in [0.2, 0.25) is 0 Å². The average molecular weight is 365 g/mol. The van der Waals surface area contributed by atoms with Gasteiger partial charge in [0.15, 0.2) is 0 Å². The molecule has 0 aliphatic heterocycles. The van der Waals surface area contributed by atoms with Crippen LogP contribution < -0.4 is 0 Å². The molecule has 0 atom stereocenters. The monoisotopic (exact) mass is 364 g/mol. The minimum atomic E-state index is -1.96. The average Bonchev–Trinajstić information content (AvgIpc) is 2.66. The van der Waals surface area contributed by atoms with E-state index in [1.807, 2.05) is 0 Å². The van der Waals surface area contributed by atoms with Gasteiger partial charge >= 0.3 is 8.56 Å². The standard InChI is InChI=1S/C22H40O2Si/c1-4-7-8-9-10-11-15-20-23-25(5-2,6-3)24-21-16-19-22-17-13-12-14-18-22/h12-14,17-18H,4-11,15-16,19-21H2,1-3H3. The zero-order chi connectivity index (χ0) is 18.2. The molecule has 1 rings (SSSR count). The minimum Gasteiger partial charge on any atom is -0.394 e. The first kappa shape index (κ1) is 22.4. The van der Waals surface area contributed by atoms with Gasteiger partial charge in [0.05, 0.1) is 0 Å². The van der Waals surface area contributed by atoms with Gasteiger partial charge < -0.3 is 8.85 Å². The first-order valence-electron chi connectivity index (χ1n) is 10.6. The Morgan fingerprint density at radius 2 is 1.24 bits per heavy atom. The molecule has 3 heteroatoms. The van der Waals surface area contributed by atoms with Crippen molar-refractivity contribution >= 4 is 8.56 Å². The summed E-state index contributed by atoms with van der Waals surface area (Å²) in [5.74, 6) is 0. The third kappa shape index (κ3) is 10.2. The predicted octanol–water partition coefficient (Wildman–Crippen LogP) is 6.89. The van der Waals surface area contributed by atoms with Crippen LogP contribution in [0.5, 0.6) is 0 Å². The Morgan fingerprint density at radius 1 is 0.680 bits per heavy atom. The van der Waals surface area contributed by atoms with Gasteiger partial charge in [-0.25, -0.2) is 0 Å². The topological polar surface area (TPSA) is 18.5 Å². The highest BCUT2D eigenvalue weighted by Gasteiger charge is 2.33. The van der Waals surface area contributed by atoms with Crippen molar-refractivity contribution in [1.29, 1.82) is 0 Å². The Morgan fingerprint density at radius 3 is 1.84 bits per heavy atom. The summed E-state index contributed by atoms with van der Waals surface area (Å²) >= 11 is 0. The van der Waals surface area contributed by atoms with Gasteiger partial charge in [-0.2, -0.15) is 0 Å². The molecule has 0 N–H and O–H groups in total. The summed E-state index contributed by atoms with van der Waals surface area (Å²) in [4.78, 5) is 0. The molecule has 0 saturated carbocycles. The lowest BCUT2D eigenvalue weighted by molar-refractivity contribution is 0.164. The van der Waals surface area contributed by atoms with Crippen LogP contribution in [0, 0.1) is 0 Å². The van der Waals surface area contributed by atoms with E-state index in [9.17, 15) is 0 Å². The molecule has 0 saturated heterocycles. The molecule has 144 valence electrons. The lowest BCUT2D eigenvalue weighted by atomic mass is 10.1. The normalized spacial score (nSPS) is 11.8. The molecule has 0 heterocycles. The fraction of sp³-hybridized carbons (Fsp3) is 0.727. The maximum Gasteiger partial charge on any atom is 0.337 e. The first-order chi connectivity index (χ1) is 12.3. The van der Waals surface area contributed by atoms with Gasteiger partial charge in [0.25, 0.3) is 0 Å². The summed E-state index contributed by atoms with van der Waals surface area (Å²) in [6.45, 7) is 8.46. The van der Waals surface area contributed by atoms with Crippen LogP contribution >= 0.6 is 0 Å². The van der Waals surface area contributed by atoms with Gasteiger partial charge in [0.1, 0.15) is 0 Å². The second-order valence-electron chi connectivity index (χ2n) is 7.03. The molecule has 1 aromatic carbocycles. The third-order valence-corrected chi connectivity index (χ3v) is 8.62. The zero-order valence-electron chi connectivity index (χ0n) is 16.9. The number of rotatable bonds is 16. The van der Waals surface area contributed by atoms with Gasteiger partial charge in [-0.1, -0.05) is 89.6 Å². The summed E-state index contributed by atoms with van der Waals surface area (Å²) in [5, 5.41) is 0. The Balaban J connectivity index is 2.17. The summed E-state index contributed by atoms with van der Waals surface area (Å²) in [6.07, 6.45) is 11.5. The fourth-order valence-electron chi connectivity index (χ4n) is 3.20. The van der Waals surface area contributed by atoms with E-state index in [0.29, 0.717) is 0 Å². The highest BCUT2D eigenvalue weighted by Crippen LogP contribution is 2.20. The molecule has 0 aromatic heterocycles. The zero-order valence-corrected chi connectivity index (χ0v) is 17.9. The predicted molar refractivity (Wildman–Crippen MR) is 111 cm³/mol. The van der Waals surface area contributed by atoms with Gasteiger partial charge in [-0.3, -0.25) is 0 Å². The van der Waals surface area contributed by atoms with Crippen molar-refractivity contribution in [2.45, 2.75) is 90.6 Å². The molecule has 0 aliphatic rings. The molecule has 0 amide bonds. The van der Waals surface area contributed by atoms with Crippen molar-refractivity contribution in [2.75, 3.05) is 13.2 Å². The largest absolute Gasteiger partial charge is 0.394 e. The first-order valence-corrected chi connectivity index (χ1v) is 12.8.